The number of hydrogen-bond donors (Lipinski definition) is 2. The average molecular weight is 385 g/mol. The van der Waals surface area contributed by atoms with Gasteiger partial charge >= 0.3 is 0 Å². The standard InChI is InChI=1S/C20H18ClFN4O/c1-13-2-7-17(10-18(13)21)26-20-24-11-15(12-25-20)19(27)23-9-8-14-3-5-16(22)6-4-14/h2-7,10-12H,8-9H2,1H3,(H,23,27)(H,24,25,26). The van der Waals surface area contributed by atoms with Crippen LogP contribution < -0.4 is 10.6 Å². The minimum atomic E-state index is -0.276. The Labute approximate surface area is 161 Å². The molecular weight excluding hydrogens is 367 g/mol. The van der Waals surface area contributed by atoms with E-state index in [0.717, 1.165) is 16.8 Å². The molecule has 0 aliphatic heterocycles. The third-order valence-electron chi connectivity index (χ3n) is 3.95. The summed E-state index contributed by atoms with van der Waals surface area (Å²) in [6.07, 6.45) is 3.53. The highest BCUT2D eigenvalue weighted by molar-refractivity contribution is 6.31. The second-order valence-electron chi connectivity index (χ2n) is 6.02. The molecule has 27 heavy (non-hydrogen) atoms. The number of carbonyl (C=O) groups excluding carboxylic acids is 1. The Bertz CT molecular complexity index is 930. The first-order chi connectivity index (χ1) is 13.0. The Morgan fingerprint density at radius 3 is 2.48 bits per heavy atom. The molecule has 0 bridgehead atoms. The smallest absolute Gasteiger partial charge is 0.254 e. The van der Waals surface area contributed by atoms with Crippen LogP contribution in [-0.2, 0) is 6.42 Å². The Balaban J connectivity index is 1.53. The summed E-state index contributed by atoms with van der Waals surface area (Å²) in [5, 5.41) is 6.48. The fourth-order valence-electron chi connectivity index (χ4n) is 2.38. The van der Waals surface area contributed by atoms with Crippen molar-refractivity contribution in [2.24, 2.45) is 0 Å². The van der Waals surface area contributed by atoms with Crippen LogP contribution in [0.2, 0.25) is 5.02 Å². The molecule has 0 unspecified atom stereocenters. The van der Waals surface area contributed by atoms with Crippen LogP contribution in [0.3, 0.4) is 0 Å². The molecule has 1 aromatic heterocycles. The maximum absolute atomic E-state index is 12.9. The molecule has 5 nitrogen and oxygen atoms in total. The van der Waals surface area contributed by atoms with Gasteiger partial charge < -0.3 is 10.6 Å². The highest BCUT2D eigenvalue weighted by Crippen LogP contribution is 2.21. The van der Waals surface area contributed by atoms with Gasteiger partial charge in [0.1, 0.15) is 5.82 Å². The van der Waals surface area contributed by atoms with Crippen molar-refractivity contribution < 1.29 is 9.18 Å². The predicted octanol–water partition coefficient (Wildman–Crippen LogP) is 4.29. The summed E-state index contributed by atoms with van der Waals surface area (Å²) in [5.74, 6) is -0.165. The molecule has 0 radical (unpaired) electrons. The summed E-state index contributed by atoms with van der Waals surface area (Å²) >= 11 is 6.10. The minimum Gasteiger partial charge on any atom is -0.352 e. The molecule has 1 amide bonds. The van der Waals surface area contributed by atoms with Gasteiger partial charge in [0.25, 0.3) is 5.91 Å². The lowest BCUT2D eigenvalue weighted by atomic mass is 10.1. The van der Waals surface area contributed by atoms with E-state index in [1.165, 1.54) is 24.5 Å². The van der Waals surface area contributed by atoms with Crippen molar-refractivity contribution in [1.29, 1.82) is 0 Å². The van der Waals surface area contributed by atoms with Gasteiger partial charge in [0.2, 0.25) is 5.95 Å². The van der Waals surface area contributed by atoms with Crippen LogP contribution >= 0.6 is 11.6 Å². The maximum atomic E-state index is 12.9. The quantitative estimate of drug-likeness (QED) is 0.665. The van der Waals surface area contributed by atoms with Crippen LogP contribution in [-0.4, -0.2) is 22.4 Å². The zero-order valence-corrected chi connectivity index (χ0v) is 15.4. The van der Waals surface area contributed by atoms with E-state index < -0.39 is 0 Å². The number of anilines is 2. The van der Waals surface area contributed by atoms with Crippen LogP contribution in [0.5, 0.6) is 0 Å². The lowest BCUT2D eigenvalue weighted by Crippen LogP contribution is -2.26. The highest BCUT2D eigenvalue weighted by Gasteiger charge is 2.07. The summed E-state index contributed by atoms with van der Waals surface area (Å²) in [6, 6.07) is 11.8. The molecule has 0 saturated carbocycles. The molecule has 0 saturated heterocycles. The van der Waals surface area contributed by atoms with Gasteiger partial charge in [0.15, 0.2) is 0 Å². The number of benzene rings is 2. The summed E-state index contributed by atoms with van der Waals surface area (Å²) < 4.78 is 12.9. The number of rotatable bonds is 6. The van der Waals surface area contributed by atoms with Crippen LogP contribution in [0.4, 0.5) is 16.0 Å². The largest absolute Gasteiger partial charge is 0.352 e. The molecule has 0 spiro atoms. The van der Waals surface area contributed by atoms with E-state index in [1.807, 2.05) is 19.1 Å². The number of nitrogens with zero attached hydrogens (tertiary/aromatic N) is 2. The van der Waals surface area contributed by atoms with Crippen LogP contribution in [0.15, 0.2) is 54.9 Å². The first-order valence-electron chi connectivity index (χ1n) is 8.39. The summed E-state index contributed by atoms with van der Waals surface area (Å²) in [5.41, 5.74) is 3.06. The second kappa shape index (κ2) is 8.60. The first kappa shape index (κ1) is 18.8. The molecule has 2 aromatic carbocycles. The zero-order valence-electron chi connectivity index (χ0n) is 14.7. The number of aromatic nitrogens is 2. The summed E-state index contributed by atoms with van der Waals surface area (Å²) in [4.78, 5) is 20.5. The van der Waals surface area contributed by atoms with Crippen LogP contribution in [0.1, 0.15) is 21.5 Å². The molecule has 0 atom stereocenters. The third-order valence-corrected chi connectivity index (χ3v) is 4.36. The predicted molar refractivity (Wildman–Crippen MR) is 104 cm³/mol. The van der Waals surface area contributed by atoms with Crippen molar-refractivity contribution in [2.45, 2.75) is 13.3 Å². The molecule has 3 aromatic rings. The molecule has 3 rings (SSSR count). The summed E-state index contributed by atoms with van der Waals surface area (Å²) in [6.45, 7) is 2.36. The maximum Gasteiger partial charge on any atom is 0.254 e. The number of nitrogens with one attached hydrogen (secondary N) is 2. The van der Waals surface area contributed by atoms with Crippen molar-refractivity contribution in [1.82, 2.24) is 15.3 Å². The Morgan fingerprint density at radius 2 is 1.81 bits per heavy atom. The molecule has 1 heterocycles. The molecule has 0 aliphatic rings. The zero-order chi connectivity index (χ0) is 19.2. The van der Waals surface area contributed by atoms with Gasteiger partial charge in [-0.3, -0.25) is 4.79 Å². The van der Waals surface area contributed by atoms with Gasteiger partial charge in [-0.15, -0.1) is 0 Å². The van der Waals surface area contributed by atoms with Gasteiger partial charge in [-0.25, -0.2) is 14.4 Å². The van der Waals surface area contributed by atoms with Crippen molar-refractivity contribution in [2.75, 3.05) is 11.9 Å². The molecule has 7 heteroatoms. The Morgan fingerprint density at radius 1 is 1.11 bits per heavy atom. The number of halogens is 2. The summed E-state index contributed by atoms with van der Waals surface area (Å²) in [7, 11) is 0. The minimum absolute atomic E-state index is 0.262. The van der Waals surface area contributed by atoms with Crippen molar-refractivity contribution in [3.63, 3.8) is 0 Å². The van der Waals surface area contributed by atoms with Gasteiger partial charge in [-0.1, -0.05) is 29.8 Å². The second-order valence-corrected chi connectivity index (χ2v) is 6.42. The van der Waals surface area contributed by atoms with Crippen molar-refractivity contribution in [3.05, 3.63) is 82.4 Å². The van der Waals surface area contributed by atoms with Gasteiger partial charge in [0.05, 0.1) is 5.56 Å². The van der Waals surface area contributed by atoms with E-state index in [2.05, 4.69) is 20.6 Å². The lowest BCUT2D eigenvalue weighted by molar-refractivity contribution is 0.0953. The van der Waals surface area contributed by atoms with Gasteiger partial charge in [0, 0.05) is 29.6 Å². The third kappa shape index (κ3) is 5.24. The number of hydrogen-bond acceptors (Lipinski definition) is 4. The first-order valence-corrected chi connectivity index (χ1v) is 8.77. The number of aryl methyl sites for hydroxylation is 1. The molecule has 2 N–H and O–H groups in total. The average Bonchev–Trinajstić information content (AvgIpc) is 2.67. The van der Waals surface area contributed by atoms with Crippen LogP contribution in [0.25, 0.3) is 0 Å². The van der Waals surface area contributed by atoms with Crippen molar-refractivity contribution in [3.8, 4) is 0 Å². The fourth-order valence-corrected chi connectivity index (χ4v) is 2.56. The molecule has 0 fully saturated rings. The molecule has 0 aliphatic carbocycles. The van der Waals surface area contributed by atoms with E-state index in [-0.39, 0.29) is 11.7 Å². The van der Waals surface area contributed by atoms with Gasteiger partial charge in [-0.05, 0) is 48.7 Å². The Kier molecular flexibility index (Phi) is 5.98. The SMILES string of the molecule is Cc1ccc(Nc2ncc(C(=O)NCCc3ccc(F)cc3)cn2)cc1Cl. The monoisotopic (exact) mass is 384 g/mol. The number of amides is 1. The fraction of sp³-hybridized carbons (Fsp3) is 0.150. The normalized spacial score (nSPS) is 10.5. The number of carbonyl (C=O) groups is 1. The van der Waals surface area contributed by atoms with Crippen LogP contribution in [0, 0.1) is 12.7 Å². The van der Waals surface area contributed by atoms with E-state index in [1.54, 1.807) is 18.2 Å². The molecular formula is C20H18ClFN4O. The highest BCUT2D eigenvalue weighted by atomic mass is 35.5. The topological polar surface area (TPSA) is 66.9 Å². The van der Waals surface area contributed by atoms with E-state index >= 15 is 0 Å². The Hall–Kier alpha value is -2.99. The molecule has 138 valence electrons. The van der Waals surface area contributed by atoms with E-state index in [9.17, 15) is 9.18 Å². The lowest BCUT2D eigenvalue weighted by Gasteiger charge is -2.08. The van der Waals surface area contributed by atoms with Gasteiger partial charge in [-0.2, -0.15) is 0 Å². The van der Waals surface area contributed by atoms with Crippen molar-refractivity contribution >= 4 is 29.1 Å². The van der Waals surface area contributed by atoms with E-state index in [4.69, 9.17) is 11.6 Å². The van der Waals surface area contributed by atoms with E-state index in [0.29, 0.717) is 29.5 Å².